The molecule has 2 rings (SSSR count). The molecule has 17 heavy (non-hydrogen) atoms. The maximum atomic E-state index is 11.1. The lowest BCUT2D eigenvalue weighted by atomic mass is 10.2. The Morgan fingerprint density at radius 1 is 1.53 bits per heavy atom. The van der Waals surface area contributed by atoms with E-state index in [2.05, 4.69) is 5.32 Å². The average Bonchev–Trinajstić information content (AvgIpc) is 3.10. The van der Waals surface area contributed by atoms with Gasteiger partial charge in [0.2, 0.25) is 6.10 Å². The van der Waals surface area contributed by atoms with Gasteiger partial charge in [0.05, 0.1) is 0 Å². The minimum absolute atomic E-state index is 0.355. The Labute approximate surface area is 101 Å². The summed E-state index contributed by atoms with van der Waals surface area (Å²) in [5.41, 5.74) is 0.949. The molecule has 2 N–H and O–H groups in total. The number of hydrogen-bond donors (Lipinski definition) is 2. The van der Waals surface area contributed by atoms with E-state index in [0.29, 0.717) is 18.3 Å². The first-order valence-corrected chi connectivity index (χ1v) is 5.85. The molecule has 0 heterocycles. The molecule has 0 saturated heterocycles. The summed E-state index contributed by atoms with van der Waals surface area (Å²) in [4.78, 5) is 11.1. The van der Waals surface area contributed by atoms with Crippen LogP contribution in [0.1, 0.15) is 18.4 Å². The molecule has 1 aliphatic rings. The highest BCUT2D eigenvalue weighted by Gasteiger charge is 2.25. The fourth-order valence-corrected chi connectivity index (χ4v) is 1.58. The smallest absolute Gasteiger partial charge is 0.346 e. The van der Waals surface area contributed by atoms with Crippen LogP contribution in [0, 0.1) is 6.92 Å². The lowest BCUT2D eigenvalue weighted by Gasteiger charge is -2.17. The minimum atomic E-state index is -0.929. The third-order valence-electron chi connectivity index (χ3n) is 2.81. The number of para-hydroxylation sites is 1. The summed E-state index contributed by atoms with van der Waals surface area (Å²) in [5.74, 6) is -0.293. The van der Waals surface area contributed by atoms with Crippen molar-refractivity contribution in [3.05, 3.63) is 29.8 Å². The normalized spacial score (nSPS) is 16.5. The molecule has 1 aliphatic carbocycles. The van der Waals surface area contributed by atoms with E-state index >= 15 is 0 Å². The van der Waals surface area contributed by atoms with Gasteiger partial charge in [-0.1, -0.05) is 18.2 Å². The first-order valence-electron chi connectivity index (χ1n) is 5.85. The highest BCUT2D eigenvalue weighted by molar-refractivity contribution is 5.73. The molecule has 0 aliphatic heterocycles. The average molecular weight is 235 g/mol. The van der Waals surface area contributed by atoms with Crippen LogP contribution in [-0.2, 0) is 4.79 Å². The summed E-state index contributed by atoms with van der Waals surface area (Å²) in [5, 5.41) is 12.3. The van der Waals surface area contributed by atoms with E-state index < -0.39 is 12.1 Å². The maximum Gasteiger partial charge on any atom is 0.346 e. The Balaban J connectivity index is 1.96. The van der Waals surface area contributed by atoms with Crippen molar-refractivity contribution >= 4 is 5.97 Å². The number of nitrogens with one attached hydrogen (secondary N) is 1. The molecule has 4 heteroatoms. The molecule has 4 nitrogen and oxygen atoms in total. The second-order valence-electron chi connectivity index (χ2n) is 4.39. The second-order valence-corrected chi connectivity index (χ2v) is 4.39. The van der Waals surface area contributed by atoms with Crippen LogP contribution in [0.4, 0.5) is 0 Å². The van der Waals surface area contributed by atoms with E-state index in [-0.39, 0.29) is 0 Å². The summed E-state index contributed by atoms with van der Waals surface area (Å²) in [6, 6.07) is 7.93. The van der Waals surface area contributed by atoms with Crippen molar-refractivity contribution in [1.82, 2.24) is 5.32 Å². The zero-order valence-corrected chi connectivity index (χ0v) is 9.85. The zero-order chi connectivity index (χ0) is 12.3. The van der Waals surface area contributed by atoms with E-state index in [9.17, 15) is 4.79 Å². The summed E-state index contributed by atoms with van der Waals surface area (Å²) in [6.45, 7) is 2.26. The van der Waals surface area contributed by atoms with Crippen LogP contribution >= 0.6 is 0 Å². The summed E-state index contributed by atoms with van der Waals surface area (Å²) >= 11 is 0. The molecule has 1 unspecified atom stereocenters. The largest absolute Gasteiger partial charge is 0.478 e. The summed E-state index contributed by atoms with van der Waals surface area (Å²) < 4.78 is 5.52. The number of benzene rings is 1. The molecule has 1 aromatic rings. The van der Waals surface area contributed by atoms with Crippen LogP contribution in [0.15, 0.2) is 24.3 Å². The van der Waals surface area contributed by atoms with Crippen molar-refractivity contribution in [3.8, 4) is 5.75 Å². The molecule has 1 fully saturated rings. The monoisotopic (exact) mass is 235 g/mol. The number of ether oxygens (including phenoxy) is 1. The fraction of sp³-hybridized carbons (Fsp3) is 0.462. The predicted octanol–water partition coefficient (Wildman–Crippen LogP) is 1.58. The number of aliphatic carboxylic acids is 1. The van der Waals surface area contributed by atoms with Crippen molar-refractivity contribution in [2.24, 2.45) is 0 Å². The Morgan fingerprint density at radius 2 is 2.24 bits per heavy atom. The van der Waals surface area contributed by atoms with E-state index in [1.165, 1.54) is 0 Å². The number of hydrogen-bond acceptors (Lipinski definition) is 3. The van der Waals surface area contributed by atoms with Gasteiger partial charge in [0.25, 0.3) is 0 Å². The number of carboxylic acid groups (broad SMARTS) is 1. The van der Waals surface area contributed by atoms with Crippen LogP contribution in [-0.4, -0.2) is 29.8 Å². The Morgan fingerprint density at radius 3 is 2.82 bits per heavy atom. The van der Waals surface area contributed by atoms with Crippen LogP contribution in [0.2, 0.25) is 0 Å². The van der Waals surface area contributed by atoms with Crippen molar-refractivity contribution in [2.75, 3.05) is 6.54 Å². The molecular weight excluding hydrogens is 218 g/mol. The molecule has 92 valence electrons. The molecule has 1 saturated carbocycles. The van der Waals surface area contributed by atoms with Crippen molar-refractivity contribution < 1.29 is 14.6 Å². The number of aryl methyl sites for hydroxylation is 1. The van der Waals surface area contributed by atoms with Gasteiger partial charge in [-0.2, -0.15) is 0 Å². The third kappa shape index (κ3) is 3.46. The first-order chi connectivity index (χ1) is 8.16. The van der Waals surface area contributed by atoms with E-state index in [1.807, 2.05) is 25.1 Å². The number of carboxylic acids is 1. The summed E-state index contributed by atoms with van der Waals surface area (Å²) in [6.07, 6.45) is 1.45. The van der Waals surface area contributed by atoms with Gasteiger partial charge in [-0.05, 0) is 31.4 Å². The third-order valence-corrected chi connectivity index (χ3v) is 2.81. The van der Waals surface area contributed by atoms with Gasteiger partial charge in [0.15, 0.2) is 0 Å². The molecule has 0 aromatic heterocycles. The Bertz CT molecular complexity index is 401. The van der Waals surface area contributed by atoms with Gasteiger partial charge in [-0.15, -0.1) is 0 Å². The Kier molecular flexibility index (Phi) is 3.64. The lowest BCUT2D eigenvalue weighted by Crippen LogP contribution is -2.38. The lowest BCUT2D eigenvalue weighted by molar-refractivity contribution is -0.144. The van der Waals surface area contributed by atoms with Crippen molar-refractivity contribution in [3.63, 3.8) is 0 Å². The first kappa shape index (κ1) is 11.9. The molecule has 1 atom stereocenters. The van der Waals surface area contributed by atoms with Gasteiger partial charge >= 0.3 is 5.97 Å². The molecule has 0 spiro atoms. The summed E-state index contributed by atoms with van der Waals surface area (Å²) in [7, 11) is 0. The number of carbonyl (C=O) groups is 1. The predicted molar refractivity (Wildman–Crippen MR) is 64.3 cm³/mol. The van der Waals surface area contributed by atoms with Crippen LogP contribution in [0.25, 0.3) is 0 Å². The molecular formula is C13H17NO3. The number of rotatable bonds is 6. The van der Waals surface area contributed by atoms with Crippen LogP contribution < -0.4 is 10.1 Å². The second kappa shape index (κ2) is 5.19. The van der Waals surface area contributed by atoms with Crippen LogP contribution in [0.5, 0.6) is 5.75 Å². The molecule has 1 aromatic carbocycles. The highest BCUT2D eigenvalue weighted by Crippen LogP contribution is 2.20. The van der Waals surface area contributed by atoms with Gasteiger partial charge < -0.3 is 15.2 Å². The van der Waals surface area contributed by atoms with E-state index in [1.54, 1.807) is 6.07 Å². The van der Waals surface area contributed by atoms with Gasteiger partial charge in [0.1, 0.15) is 5.75 Å². The topological polar surface area (TPSA) is 58.6 Å². The fourth-order valence-electron chi connectivity index (χ4n) is 1.58. The minimum Gasteiger partial charge on any atom is -0.478 e. The van der Waals surface area contributed by atoms with Crippen LogP contribution in [0.3, 0.4) is 0 Å². The molecule has 0 amide bonds. The quantitative estimate of drug-likeness (QED) is 0.786. The van der Waals surface area contributed by atoms with Gasteiger partial charge in [0, 0.05) is 12.6 Å². The maximum absolute atomic E-state index is 11.1. The van der Waals surface area contributed by atoms with Crippen molar-refractivity contribution in [1.29, 1.82) is 0 Å². The van der Waals surface area contributed by atoms with Crippen molar-refractivity contribution in [2.45, 2.75) is 31.9 Å². The SMILES string of the molecule is Cc1ccccc1OC(CNC1CC1)C(=O)O. The van der Waals surface area contributed by atoms with Gasteiger partial charge in [-0.3, -0.25) is 0 Å². The zero-order valence-electron chi connectivity index (χ0n) is 9.85. The molecule has 0 radical (unpaired) electrons. The molecule has 0 bridgehead atoms. The standard InChI is InChI=1S/C13H17NO3/c1-9-4-2-3-5-11(9)17-12(13(15)16)8-14-10-6-7-10/h2-5,10,12,14H,6-8H2,1H3,(H,15,16). The highest BCUT2D eigenvalue weighted by atomic mass is 16.5. The van der Waals surface area contributed by atoms with Gasteiger partial charge in [-0.25, -0.2) is 4.79 Å². The Hall–Kier alpha value is -1.55. The van der Waals surface area contributed by atoms with E-state index in [4.69, 9.17) is 9.84 Å². The van der Waals surface area contributed by atoms with E-state index in [0.717, 1.165) is 18.4 Å².